The summed E-state index contributed by atoms with van der Waals surface area (Å²) in [7, 11) is 0. The molecule has 0 radical (unpaired) electrons. The molecule has 0 saturated heterocycles. The first kappa shape index (κ1) is 12.8. The quantitative estimate of drug-likeness (QED) is 0.856. The standard InChI is InChI=1S/C12H13FN2O2S/c1-12(2,3)17-11(16)15-10-14-9-7(13)5-4-6-8(9)18-10/h4-6H,1-3H3,(H,14,15,16). The largest absolute Gasteiger partial charge is 0.444 e. The number of halogens is 1. The number of para-hydroxylation sites is 1. The normalized spacial score (nSPS) is 11.6. The maximum Gasteiger partial charge on any atom is 0.413 e. The number of hydrogen-bond acceptors (Lipinski definition) is 4. The summed E-state index contributed by atoms with van der Waals surface area (Å²) >= 11 is 1.20. The van der Waals surface area contributed by atoms with Crippen molar-refractivity contribution >= 4 is 32.8 Å². The number of amides is 1. The number of fused-ring (bicyclic) bond motifs is 1. The molecule has 1 aromatic carbocycles. The van der Waals surface area contributed by atoms with Crippen LogP contribution in [-0.4, -0.2) is 16.7 Å². The molecule has 96 valence electrons. The summed E-state index contributed by atoms with van der Waals surface area (Å²) in [5.74, 6) is -0.402. The van der Waals surface area contributed by atoms with Crippen LogP contribution in [0.1, 0.15) is 20.8 Å². The molecule has 6 heteroatoms. The lowest BCUT2D eigenvalue weighted by Crippen LogP contribution is -2.27. The third-order valence-electron chi connectivity index (χ3n) is 1.98. The Hall–Kier alpha value is -1.69. The van der Waals surface area contributed by atoms with Gasteiger partial charge in [-0.3, -0.25) is 5.32 Å². The third-order valence-corrected chi connectivity index (χ3v) is 2.91. The van der Waals surface area contributed by atoms with Crippen molar-refractivity contribution in [3.8, 4) is 0 Å². The predicted molar refractivity (Wildman–Crippen MR) is 69.4 cm³/mol. The number of nitrogens with one attached hydrogen (secondary N) is 1. The zero-order valence-electron chi connectivity index (χ0n) is 10.3. The maximum absolute atomic E-state index is 13.4. The van der Waals surface area contributed by atoms with Crippen LogP contribution >= 0.6 is 11.3 Å². The lowest BCUT2D eigenvalue weighted by molar-refractivity contribution is 0.0636. The van der Waals surface area contributed by atoms with Crippen LogP contribution < -0.4 is 5.32 Å². The van der Waals surface area contributed by atoms with E-state index in [1.54, 1.807) is 32.9 Å². The molecule has 0 aliphatic rings. The van der Waals surface area contributed by atoms with E-state index in [9.17, 15) is 9.18 Å². The van der Waals surface area contributed by atoms with Gasteiger partial charge in [-0.15, -0.1) is 0 Å². The van der Waals surface area contributed by atoms with Crippen molar-refractivity contribution in [3.05, 3.63) is 24.0 Å². The second-order valence-electron chi connectivity index (χ2n) is 4.73. The molecule has 18 heavy (non-hydrogen) atoms. The van der Waals surface area contributed by atoms with Gasteiger partial charge in [-0.25, -0.2) is 14.2 Å². The molecule has 4 nitrogen and oxygen atoms in total. The molecular formula is C12H13FN2O2S. The lowest BCUT2D eigenvalue weighted by Gasteiger charge is -2.18. The van der Waals surface area contributed by atoms with Crippen LogP contribution in [0.25, 0.3) is 10.2 Å². The summed E-state index contributed by atoms with van der Waals surface area (Å²) in [4.78, 5) is 15.5. The fraction of sp³-hybridized carbons (Fsp3) is 0.333. The first-order chi connectivity index (χ1) is 8.35. The summed E-state index contributed by atoms with van der Waals surface area (Å²) in [6, 6.07) is 4.68. The van der Waals surface area contributed by atoms with Crippen LogP contribution in [0.2, 0.25) is 0 Å². The summed E-state index contributed by atoms with van der Waals surface area (Å²) in [5.41, 5.74) is -0.319. The summed E-state index contributed by atoms with van der Waals surface area (Å²) in [5, 5.41) is 2.82. The first-order valence-electron chi connectivity index (χ1n) is 5.40. The average Bonchev–Trinajstić information content (AvgIpc) is 2.58. The number of aromatic nitrogens is 1. The van der Waals surface area contributed by atoms with Gasteiger partial charge in [0.05, 0.1) is 4.70 Å². The summed E-state index contributed by atoms with van der Waals surface area (Å²) in [6.07, 6.45) is -0.595. The van der Waals surface area contributed by atoms with Crippen LogP contribution in [-0.2, 0) is 4.74 Å². The first-order valence-corrected chi connectivity index (χ1v) is 6.22. The van der Waals surface area contributed by atoms with Crippen molar-refractivity contribution in [1.29, 1.82) is 0 Å². The van der Waals surface area contributed by atoms with Crippen LogP contribution in [0.3, 0.4) is 0 Å². The van der Waals surface area contributed by atoms with Crippen LogP contribution in [0.5, 0.6) is 0 Å². The van der Waals surface area contributed by atoms with E-state index in [1.807, 2.05) is 0 Å². The Morgan fingerprint density at radius 1 is 1.44 bits per heavy atom. The highest BCUT2D eigenvalue weighted by atomic mass is 32.1. The molecule has 0 aliphatic carbocycles. The number of nitrogens with zero attached hydrogens (tertiary/aromatic N) is 1. The molecule has 2 aromatic rings. The summed E-state index contributed by atoms with van der Waals surface area (Å²) in [6.45, 7) is 5.31. The van der Waals surface area contributed by atoms with E-state index in [0.717, 1.165) is 0 Å². The molecule has 0 aliphatic heterocycles. The number of carbonyl (C=O) groups is 1. The molecule has 0 fully saturated rings. The zero-order chi connectivity index (χ0) is 13.3. The number of ether oxygens (including phenoxy) is 1. The molecule has 0 saturated carbocycles. The van der Waals surface area contributed by atoms with Gasteiger partial charge in [0, 0.05) is 0 Å². The van der Waals surface area contributed by atoms with E-state index in [0.29, 0.717) is 9.83 Å². The highest BCUT2D eigenvalue weighted by molar-refractivity contribution is 7.22. The minimum atomic E-state index is -0.595. The Kier molecular flexibility index (Phi) is 3.21. The van der Waals surface area contributed by atoms with Gasteiger partial charge >= 0.3 is 6.09 Å². The minimum Gasteiger partial charge on any atom is -0.444 e. The van der Waals surface area contributed by atoms with E-state index < -0.39 is 17.5 Å². The Bertz CT molecular complexity index is 589. The van der Waals surface area contributed by atoms with Gasteiger partial charge in [0.2, 0.25) is 0 Å². The molecule has 0 spiro atoms. The van der Waals surface area contributed by atoms with Crippen molar-refractivity contribution in [2.75, 3.05) is 5.32 Å². The predicted octanol–water partition coefficient (Wildman–Crippen LogP) is 3.78. The fourth-order valence-electron chi connectivity index (χ4n) is 1.36. The lowest BCUT2D eigenvalue weighted by atomic mass is 10.2. The van der Waals surface area contributed by atoms with Crippen molar-refractivity contribution in [2.24, 2.45) is 0 Å². The van der Waals surface area contributed by atoms with Crippen molar-refractivity contribution < 1.29 is 13.9 Å². The maximum atomic E-state index is 13.4. The number of thiazole rings is 1. The SMILES string of the molecule is CC(C)(C)OC(=O)Nc1nc2c(F)cccc2s1. The summed E-state index contributed by atoms with van der Waals surface area (Å²) < 4.78 is 19.2. The molecular weight excluding hydrogens is 255 g/mol. The molecule has 0 bridgehead atoms. The van der Waals surface area contributed by atoms with Crippen LogP contribution in [0.4, 0.5) is 14.3 Å². The Labute approximate surface area is 108 Å². The van der Waals surface area contributed by atoms with Gasteiger partial charge in [-0.1, -0.05) is 17.4 Å². The number of benzene rings is 1. The zero-order valence-corrected chi connectivity index (χ0v) is 11.1. The number of hydrogen-bond donors (Lipinski definition) is 1. The molecule has 1 N–H and O–H groups in total. The molecule has 0 unspecified atom stereocenters. The van der Waals surface area contributed by atoms with Gasteiger partial charge in [-0.05, 0) is 32.9 Å². The molecule has 2 rings (SSSR count). The number of anilines is 1. The minimum absolute atomic E-state index is 0.258. The molecule has 1 aromatic heterocycles. The van der Waals surface area contributed by atoms with Crippen LogP contribution in [0, 0.1) is 5.82 Å². The van der Waals surface area contributed by atoms with E-state index in [2.05, 4.69) is 10.3 Å². The Morgan fingerprint density at radius 2 is 2.17 bits per heavy atom. The number of carbonyl (C=O) groups excluding carboxylic acids is 1. The smallest absolute Gasteiger partial charge is 0.413 e. The monoisotopic (exact) mass is 268 g/mol. The topological polar surface area (TPSA) is 51.2 Å². The van der Waals surface area contributed by atoms with E-state index in [1.165, 1.54) is 17.4 Å². The van der Waals surface area contributed by atoms with Gasteiger partial charge < -0.3 is 4.74 Å². The Morgan fingerprint density at radius 3 is 2.78 bits per heavy atom. The molecule has 1 amide bonds. The fourth-order valence-corrected chi connectivity index (χ4v) is 2.23. The van der Waals surface area contributed by atoms with Crippen LogP contribution in [0.15, 0.2) is 18.2 Å². The highest BCUT2D eigenvalue weighted by Gasteiger charge is 2.17. The number of rotatable bonds is 1. The van der Waals surface area contributed by atoms with E-state index >= 15 is 0 Å². The molecule has 0 atom stereocenters. The van der Waals surface area contributed by atoms with Gasteiger partial charge in [0.25, 0.3) is 0 Å². The van der Waals surface area contributed by atoms with Gasteiger partial charge in [-0.2, -0.15) is 0 Å². The second kappa shape index (κ2) is 4.53. The third kappa shape index (κ3) is 2.95. The van der Waals surface area contributed by atoms with Gasteiger partial charge in [0.15, 0.2) is 5.13 Å². The molecule has 1 heterocycles. The van der Waals surface area contributed by atoms with E-state index in [-0.39, 0.29) is 5.52 Å². The average molecular weight is 268 g/mol. The van der Waals surface area contributed by atoms with Crippen molar-refractivity contribution in [1.82, 2.24) is 4.98 Å². The highest BCUT2D eigenvalue weighted by Crippen LogP contribution is 2.27. The van der Waals surface area contributed by atoms with Crippen molar-refractivity contribution in [3.63, 3.8) is 0 Å². The second-order valence-corrected chi connectivity index (χ2v) is 5.76. The van der Waals surface area contributed by atoms with Gasteiger partial charge in [0.1, 0.15) is 16.9 Å². The van der Waals surface area contributed by atoms with Crippen molar-refractivity contribution in [2.45, 2.75) is 26.4 Å². The Balaban J connectivity index is 2.18. The van der Waals surface area contributed by atoms with E-state index in [4.69, 9.17) is 4.74 Å².